The van der Waals surface area contributed by atoms with Crippen LogP contribution >= 0.6 is 0 Å². The first-order chi connectivity index (χ1) is 11.5. The summed E-state index contributed by atoms with van der Waals surface area (Å²) in [5.74, 6) is -0.161. The average molecular weight is 328 g/mol. The quantitative estimate of drug-likeness (QED) is 0.621. The number of fused-ring (bicyclic) bond motifs is 2. The van der Waals surface area contributed by atoms with Gasteiger partial charge in [0.25, 0.3) is 0 Å². The molecule has 1 aliphatic rings. The molecule has 1 atom stereocenters. The predicted molar refractivity (Wildman–Crippen MR) is 83.6 cm³/mol. The number of carbonyl (C=O) groups excluding carboxylic acids is 2. The minimum atomic E-state index is -0.689. The summed E-state index contributed by atoms with van der Waals surface area (Å²) < 4.78 is 11.6. The first-order valence-corrected chi connectivity index (χ1v) is 7.46. The van der Waals surface area contributed by atoms with Gasteiger partial charge >= 0.3 is 11.9 Å². The van der Waals surface area contributed by atoms with Crippen molar-refractivity contribution in [2.45, 2.75) is 26.4 Å². The standard InChI is InChI=1S/C18H16O6/c1-11(18(20)24-23-12(2)19)13-7-8-16-17(9-13)22-15-6-4-3-5-14(15)10-21-16/h3-9,11H,10H2,1-2H3. The third kappa shape index (κ3) is 3.32. The highest BCUT2D eigenvalue weighted by molar-refractivity contribution is 5.78. The average Bonchev–Trinajstić information content (AvgIpc) is 2.77. The van der Waals surface area contributed by atoms with Gasteiger partial charge in [0.1, 0.15) is 12.4 Å². The van der Waals surface area contributed by atoms with Gasteiger partial charge in [0.15, 0.2) is 11.5 Å². The van der Waals surface area contributed by atoms with Gasteiger partial charge in [-0.3, -0.25) is 0 Å². The molecule has 24 heavy (non-hydrogen) atoms. The summed E-state index contributed by atoms with van der Waals surface area (Å²) in [6.45, 7) is 3.22. The number of para-hydroxylation sites is 1. The first-order valence-electron chi connectivity index (χ1n) is 7.46. The van der Waals surface area contributed by atoms with E-state index in [4.69, 9.17) is 9.47 Å². The second-order valence-corrected chi connectivity index (χ2v) is 5.40. The molecule has 0 spiro atoms. The fourth-order valence-electron chi connectivity index (χ4n) is 2.30. The number of carbonyl (C=O) groups is 2. The Morgan fingerprint density at radius 2 is 1.83 bits per heavy atom. The van der Waals surface area contributed by atoms with Crippen molar-refractivity contribution in [3.8, 4) is 17.2 Å². The Morgan fingerprint density at radius 1 is 1.04 bits per heavy atom. The van der Waals surface area contributed by atoms with Gasteiger partial charge in [0, 0.05) is 12.5 Å². The van der Waals surface area contributed by atoms with E-state index in [9.17, 15) is 9.59 Å². The Kier molecular flexibility index (Phi) is 4.37. The second kappa shape index (κ2) is 6.62. The van der Waals surface area contributed by atoms with Crippen LogP contribution in [0.4, 0.5) is 0 Å². The SMILES string of the molecule is CC(=O)OOC(=O)C(C)c1ccc2c(c1)Oc1ccccc1CO2. The van der Waals surface area contributed by atoms with Gasteiger partial charge in [-0.05, 0) is 30.7 Å². The minimum absolute atomic E-state index is 0.409. The van der Waals surface area contributed by atoms with Crippen molar-refractivity contribution in [3.63, 3.8) is 0 Å². The molecule has 0 bridgehead atoms. The molecule has 0 aromatic heterocycles. The maximum Gasteiger partial charge on any atom is 0.362 e. The Hall–Kier alpha value is -3.02. The summed E-state index contributed by atoms with van der Waals surface area (Å²) in [6, 6.07) is 12.8. The molecule has 0 N–H and O–H groups in total. The lowest BCUT2D eigenvalue weighted by Crippen LogP contribution is -2.15. The van der Waals surface area contributed by atoms with E-state index in [1.807, 2.05) is 24.3 Å². The molecule has 0 aliphatic carbocycles. The van der Waals surface area contributed by atoms with Crippen molar-refractivity contribution < 1.29 is 28.8 Å². The summed E-state index contributed by atoms with van der Waals surface area (Å²) in [5.41, 5.74) is 1.60. The predicted octanol–water partition coefficient (Wildman–Crippen LogP) is 3.50. The Balaban J connectivity index is 1.83. The van der Waals surface area contributed by atoms with Gasteiger partial charge in [-0.1, -0.05) is 24.3 Å². The van der Waals surface area contributed by atoms with E-state index in [-0.39, 0.29) is 0 Å². The molecular formula is C18H16O6. The van der Waals surface area contributed by atoms with Crippen molar-refractivity contribution in [1.82, 2.24) is 0 Å². The monoisotopic (exact) mass is 328 g/mol. The topological polar surface area (TPSA) is 71.1 Å². The van der Waals surface area contributed by atoms with E-state index in [0.29, 0.717) is 29.4 Å². The molecule has 2 aromatic rings. The highest BCUT2D eigenvalue weighted by Gasteiger charge is 2.22. The van der Waals surface area contributed by atoms with E-state index in [2.05, 4.69) is 9.78 Å². The number of hydrogen-bond donors (Lipinski definition) is 0. The van der Waals surface area contributed by atoms with E-state index >= 15 is 0 Å². The molecule has 124 valence electrons. The van der Waals surface area contributed by atoms with Crippen LogP contribution in [0.2, 0.25) is 0 Å². The lowest BCUT2D eigenvalue weighted by atomic mass is 10.0. The second-order valence-electron chi connectivity index (χ2n) is 5.40. The molecule has 2 aromatic carbocycles. The van der Waals surface area contributed by atoms with E-state index in [0.717, 1.165) is 12.5 Å². The van der Waals surface area contributed by atoms with Crippen LogP contribution in [-0.4, -0.2) is 11.9 Å². The van der Waals surface area contributed by atoms with Crippen molar-refractivity contribution in [2.75, 3.05) is 0 Å². The van der Waals surface area contributed by atoms with Crippen LogP contribution < -0.4 is 9.47 Å². The Morgan fingerprint density at radius 3 is 2.62 bits per heavy atom. The fourth-order valence-corrected chi connectivity index (χ4v) is 2.30. The van der Waals surface area contributed by atoms with Crippen LogP contribution in [-0.2, 0) is 26.0 Å². The fraction of sp³-hybridized carbons (Fsp3) is 0.222. The molecule has 3 rings (SSSR count). The third-order valence-corrected chi connectivity index (χ3v) is 3.64. The summed E-state index contributed by atoms with van der Waals surface area (Å²) in [4.78, 5) is 31.4. The zero-order valence-electron chi connectivity index (χ0n) is 13.3. The van der Waals surface area contributed by atoms with Gasteiger partial charge < -0.3 is 9.47 Å². The maximum absolute atomic E-state index is 11.9. The summed E-state index contributed by atoms with van der Waals surface area (Å²) in [5, 5.41) is 0. The molecule has 0 fully saturated rings. The molecule has 1 heterocycles. The van der Waals surface area contributed by atoms with Crippen LogP contribution in [0.15, 0.2) is 42.5 Å². The molecule has 0 saturated carbocycles. The van der Waals surface area contributed by atoms with Crippen molar-refractivity contribution >= 4 is 11.9 Å². The maximum atomic E-state index is 11.9. The molecule has 0 radical (unpaired) electrons. The first kappa shape index (κ1) is 15.9. The van der Waals surface area contributed by atoms with Gasteiger partial charge in [0.05, 0.1) is 5.92 Å². The number of hydrogen-bond acceptors (Lipinski definition) is 6. The molecule has 0 amide bonds. The third-order valence-electron chi connectivity index (χ3n) is 3.64. The molecule has 0 saturated heterocycles. The largest absolute Gasteiger partial charge is 0.485 e. The molecule has 6 heteroatoms. The smallest absolute Gasteiger partial charge is 0.362 e. The van der Waals surface area contributed by atoms with Crippen LogP contribution in [0.5, 0.6) is 17.2 Å². The van der Waals surface area contributed by atoms with Crippen molar-refractivity contribution in [1.29, 1.82) is 0 Å². The highest BCUT2D eigenvalue weighted by Crippen LogP contribution is 2.39. The summed E-state index contributed by atoms with van der Waals surface area (Å²) in [7, 11) is 0. The summed E-state index contributed by atoms with van der Waals surface area (Å²) >= 11 is 0. The zero-order chi connectivity index (χ0) is 17.1. The molecule has 1 unspecified atom stereocenters. The van der Waals surface area contributed by atoms with E-state index < -0.39 is 17.9 Å². The van der Waals surface area contributed by atoms with Crippen LogP contribution in [0, 0.1) is 0 Å². The number of ether oxygens (including phenoxy) is 2. The lowest BCUT2D eigenvalue weighted by molar-refractivity contribution is -0.258. The lowest BCUT2D eigenvalue weighted by Gasteiger charge is -2.13. The van der Waals surface area contributed by atoms with Crippen LogP contribution in [0.1, 0.15) is 30.9 Å². The Bertz CT molecular complexity index is 783. The van der Waals surface area contributed by atoms with Crippen LogP contribution in [0.25, 0.3) is 0 Å². The number of benzene rings is 2. The van der Waals surface area contributed by atoms with E-state index in [1.165, 1.54) is 0 Å². The van der Waals surface area contributed by atoms with Gasteiger partial charge in [-0.2, -0.15) is 0 Å². The molecule has 1 aliphatic heterocycles. The van der Waals surface area contributed by atoms with Gasteiger partial charge in [-0.15, -0.1) is 0 Å². The van der Waals surface area contributed by atoms with Crippen molar-refractivity contribution in [3.05, 3.63) is 53.6 Å². The van der Waals surface area contributed by atoms with E-state index in [1.54, 1.807) is 25.1 Å². The normalized spacial score (nSPS) is 13.2. The highest BCUT2D eigenvalue weighted by atomic mass is 17.2. The molecular weight excluding hydrogens is 312 g/mol. The van der Waals surface area contributed by atoms with Gasteiger partial charge in [0.2, 0.25) is 0 Å². The zero-order valence-corrected chi connectivity index (χ0v) is 13.3. The van der Waals surface area contributed by atoms with Crippen LogP contribution in [0.3, 0.4) is 0 Å². The minimum Gasteiger partial charge on any atom is -0.485 e. The van der Waals surface area contributed by atoms with Gasteiger partial charge in [-0.25, -0.2) is 19.4 Å². The van der Waals surface area contributed by atoms with Crippen molar-refractivity contribution in [2.24, 2.45) is 0 Å². The summed E-state index contributed by atoms with van der Waals surface area (Å²) in [6.07, 6.45) is 0. The molecule has 6 nitrogen and oxygen atoms in total. The Labute approximate surface area is 138 Å². The number of rotatable bonds is 2.